The van der Waals surface area contributed by atoms with Crippen molar-refractivity contribution in [1.29, 1.82) is 0 Å². The number of fused-ring (bicyclic) bond motifs is 2. The molecule has 5 rings (SSSR count). The van der Waals surface area contributed by atoms with Gasteiger partial charge in [-0.1, -0.05) is 12.1 Å². The number of halogens is 3. The number of aryl methyl sites for hydroxylation is 1. The van der Waals surface area contributed by atoms with Crippen molar-refractivity contribution in [3.05, 3.63) is 88.5 Å². The Morgan fingerprint density at radius 3 is 2.55 bits per heavy atom. The molecule has 0 fully saturated rings. The molecule has 1 atom stereocenters. The molecular weight excluding hydrogens is 523 g/mol. The zero-order valence-corrected chi connectivity index (χ0v) is 22.1. The van der Waals surface area contributed by atoms with E-state index in [4.69, 9.17) is 14.2 Å². The third-order valence-corrected chi connectivity index (χ3v) is 7.28. The van der Waals surface area contributed by atoms with Crippen LogP contribution in [0.5, 0.6) is 11.5 Å². The Kier molecular flexibility index (Phi) is 8.00. The lowest BCUT2D eigenvalue weighted by atomic mass is 9.98. The number of rotatable bonds is 10. The summed E-state index contributed by atoms with van der Waals surface area (Å²) in [5.41, 5.74) is 3.21. The molecule has 2 aliphatic rings. The second-order valence-electron chi connectivity index (χ2n) is 9.87. The first-order valence-corrected chi connectivity index (χ1v) is 13.4. The van der Waals surface area contributed by atoms with Crippen LogP contribution in [-0.2, 0) is 28.7 Å². The van der Waals surface area contributed by atoms with Crippen molar-refractivity contribution in [2.75, 3.05) is 24.7 Å². The van der Waals surface area contributed by atoms with Crippen LogP contribution in [0.1, 0.15) is 64.7 Å². The molecule has 0 N–H and O–H groups in total. The van der Waals surface area contributed by atoms with Crippen molar-refractivity contribution in [2.24, 2.45) is 0 Å². The van der Waals surface area contributed by atoms with E-state index in [1.807, 2.05) is 25.1 Å². The third kappa shape index (κ3) is 5.93. The molecule has 0 aromatic heterocycles. The normalized spacial score (nSPS) is 16.1. The summed E-state index contributed by atoms with van der Waals surface area (Å²) in [6.45, 7) is 3.23. The van der Waals surface area contributed by atoms with E-state index in [9.17, 15) is 22.8 Å². The third-order valence-electron chi connectivity index (χ3n) is 7.28. The van der Waals surface area contributed by atoms with Crippen LogP contribution in [0.25, 0.3) is 0 Å². The maximum Gasteiger partial charge on any atom is 0.416 e. The topological polar surface area (TPSA) is 65.1 Å². The van der Waals surface area contributed by atoms with Gasteiger partial charge in [-0.05, 0) is 85.3 Å². The minimum Gasteiger partial charge on any atom is -0.493 e. The van der Waals surface area contributed by atoms with Gasteiger partial charge in [0.05, 0.1) is 38.3 Å². The quantitative estimate of drug-likeness (QED) is 0.207. The number of carbonyl (C=O) groups excluding carboxylic acids is 2. The zero-order chi connectivity index (χ0) is 28.3. The van der Waals surface area contributed by atoms with Crippen molar-refractivity contribution in [3.8, 4) is 11.5 Å². The van der Waals surface area contributed by atoms with Gasteiger partial charge in [0.15, 0.2) is 0 Å². The number of anilines is 1. The van der Waals surface area contributed by atoms with Gasteiger partial charge in [0.1, 0.15) is 11.5 Å². The molecule has 1 aliphatic heterocycles. The number of amides is 1. The molecule has 0 radical (unpaired) electrons. The molecule has 9 heteroatoms. The van der Waals surface area contributed by atoms with E-state index in [-0.39, 0.29) is 24.3 Å². The maximum atomic E-state index is 13.0. The largest absolute Gasteiger partial charge is 0.493 e. The van der Waals surface area contributed by atoms with Crippen LogP contribution in [0.4, 0.5) is 18.9 Å². The molecular formula is C31H30F3NO5. The summed E-state index contributed by atoms with van der Waals surface area (Å²) in [7, 11) is 0. The number of hydrogen-bond acceptors (Lipinski definition) is 5. The Morgan fingerprint density at radius 2 is 1.80 bits per heavy atom. The molecule has 210 valence electrons. The van der Waals surface area contributed by atoms with Gasteiger partial charge >= 0.3 is 12.1 Å². The molecule has 0 saturated heterocycles. The Hall–Kier alpha value is -4.01. The van der Waals surface area contributed by atoms with Crippen LogP contribution in [0.3, 0.4) is 0 Å². The summed E-state index contributed by atoms with van der Waals surface area (Å²) in [5, 5.41) is 0. The summed E-state index contributed by atoms with van der Waals surface area (Å²) in [6, 6.07) is 15.8. The van der Waals surface area contributed by atoms with Crippen LogP contribution >= 0.6 is 0 Å². The van der Waals surface area contributed by atoms with E-state index < -0.39 is 11.7 Å². The second-order valence-corrected chi connectivity index (χ2v) is 9.87. The van der Waals surface area contributed by atoms with Gasteiger partial charge in [-0.3, -0.25) is 9.59 Å². The van der Waals surface area contributed by atoms with Crippen LogP contribution in [0, 0.1) is 0 Å². The molecule has 40 heavy (non-hydrogen) atoms. The number of alkyl halides is 3. The molecule has 1 amide bonds. The Bertz CT molecular complexity index is 1390. The Labute approximate surface area is 230 Å². The molecule has 1 heterocycles. The molecule has 6 nitrogen and oxygen atoms in total. The van der Waals surface area contributed by atoms with Crippen LogP contribution < -0.4 is 14.4 Å². The molecule has 0 bridgehead atoms. The standard InChI is InChI=1S/C31H30F3NO5/c1-2-38-29(36)18-21-8-7-20-17-24(13-14-25(20)21)39-15-4-16-40-28-6-3-5-26-27(28)19-35(30(26)37)23-11-9-22(10-12-23)31(32,33)34/h3,5-6,9-14,17,21H,2,4,7-8,15-16,18-19H2,1H3. The fourth-order valence-corrected chi connectivity index (χ4v) is 5.31. The SMILES string of the molecule is CCOC(=O)CC1CCc2cc(OCCCOc3cccc4c3CN(c3ccc(C(F)(F)F)cc3)C4=O)ccc21. The van der Waals surface area contributed by atoms with Crippen molar-refractivity contribution >= 4 is 17.6 Å². The minimum atomic E-state index is -4.43. The fourth-order valence-electron chi connectivity index (χ4n) is 5.31. The summed E-state index contributed by atoms with van der Waals surface area (Å²) < 4.78 is 55.7. The number of benzene rings is 3. The number of carbonyl (C=O) groups is 2. The predicted molar refractivity (Wildman–Crippen MR) is 143 cm³/mol. The predicted octanol–water partition coefficient (Wildman–Crippen LogP) is 6.70. The smallest absolute Gasteiger partial charge is 0.416 e. The average molecular weight is 554 g/mol. The number of ether oxygens (including phenoxy) is 3. The van der Waals surface area contributed by atoms with E-state index in [2.05, 4.69) is 0 Å². The average Bonchev–Trinajstić information content (AvgIpc) is 3.49. The highest BCUT2D eigenvalue weighted by molar-refractivity contribution is 6.10. The van der Waals surface area contributed by atoms with Crippen LogP contribution in [0.2, 0.25) is 0 Å². The summed E-state index contributed by atoms with van der Waals surface area (Å²) in [5.74, 6) is 1.09. The van der Waals surface area contributed by atoms with E-state index in [1.165, 1.54) is 28.2 Å². The van der Waals surface area contributed by atoms with Gasteiger partial charge in [0.2, 0.25) is 0 Å². The Balaban J connectivity index is 1.13. The van der Waals surface area contributed by atoms with Crippen molar-refractivity contribution in [2.45, 2.75) is 51.2 Å². The van der Waals surface area contributed by atoms with Crippen molar-refractivity contribution in [1.82, 2.24) is 0 Å². The molecule has 0 spiro atoms. The molecule has 1 aliphatic carbocycles. The molecule has 3 aromatic rings. The lowest BCUT2D eigenvalue weighted by molar-refractivity contribution is -0.143. The fraction of sp³-hybridized carbons (Fsp3) is 0.355. The lowest BCUT2D eigenvalue weighted by Crippen LogP contribution is -2.23. The van der Waals surface area contributed by atoms with Crippen LogP contribution in [0.15, 0.2) is 60.7 Å². The molecule has 0 saturated carbocycles. The maximum absolute atomic E-state index is 13.0. The van der Waals surface area contributed by atoms with Gasteiger partial charge in [-0.2, -0.15) is 13.2 Å². The van der Waals surface area contributed by atoms with E-state index in [0.717, 1.165) is 30.7 Å². The number of nitrogens with zero attached hydrogens (tertiary/aromatic N) is 1. The summed E-state index contributed by atoms with van der Waals surface area (Å²) in [6.07, 6.45) is -1.60. The van der Waals surface area contributed by atoms with E-state index in [0.29, 0.717) is 55.2 Å². The summed E-state index contributed by atoms with van der Waals surface area (Å²) >= 11 is 0. The monoisotopic (exact) mass is 553 g/mol. The van der Waals surface area contributed by atoms with Gasteiger partial charge in [-0.25, -0.2) is 0 Å². The van der Waals surface area contributed by atoms with E-state index >= 15 is 0 Å². The van der Waals surface area contributed by atoms with Crippen molar-refractivity contribution < 1.29 is 37.0 Å². The highest BCUT2D eigenvalue weighted by Gasteiger charge is 2.33. The van der Waals surface area contributed by atoms with Crippen molar-refractivity contribution in [3.63, 3.8) is 0 Å². The number of hydrogen-bond donors (Lipinski definition) is 0. The highest BCUT2D eigenvalue weighted by atomic mass is 19.4. The van der Waals surface area contributed by atoms with Gasteiger partial charge in [0, 0.05) is 23.2 Å². The first kappa shape index (κ1) is 27.6. The first-order valence-electron chi connectivity index (χ1n) is 13.4. The van der Waals surface area contributed by atoms with Gasteiger partial charge < -0.3 is 19.1 Å². The van der Waals surface area contributed by atoms with Crippen LogP contribution in [-0.4, -0.2) is 31.7 Å². The zero-order valence-electron chi connectivity index (χ0n) is 22.1. The number of esters is 1. The molecule has 1 unspecified atom stereocenters. The summed E-state index contributed by atoms with van der Waals surface area (Å²) in [4.78, 5) is 26.3. The van der Waals surface area contributed by atoms with Gasteiger partial charge in [-0.15, -0.1) is 0 Å². The molecule has 3 aromatic carbocycles. The van der Waals surface area contributed by atoms with Gasteiger partial charge in [0.25, 0.3) is 5.91 Å². The second kappa shape index (κ2) is 11.6. The minimum absolute atomic E-state index is 0.165. The Morgan fingerprint density at radius 1 is 1.02 bits per heavy atom. The first-order chi connectivity index (χ1) is 19.2. The van der Waals surface area contributed by atoms with E-state index in [1.54, 1.807) is 18.2 Å². The highest BCUT2D eigenvalue weighted by Crippen LogP contribution is 2.38. The lowest BCUT2D eigenvalue weighted by Gasteiger charge is -2.17.